The van der Waals surface area contributed by atoms with Crippen molar-refractivity contribution in [3.63, 3.8) is 0 Å². The molecular weight excluding hydrogens is 380 g/mol. The van der Waals surface area contributed by atoms with Crippen LogP contribution in [0, 0.1) is 0 Å². The summed E-state index contributed by atoms with van der Waals surface area (Å²) >= 11 is 6.34. The number of carboxylic acids is 1. The van der Waals surface area contributed by atoms with Crippen LogP contribution in [0.25, 0.3) is 10.9 Å². The van der Waals surface area contributed by atoms with Gasteiger partial charge < -0.3 is 19.6 Å². The number of nitrogens with one attached hydrogen (secondary N) is 2. The van der Waals surface area contributed by atoms with Crippen LogP contribution in [0.3, 0.4) is 0 Å². The van der Waals surface area contributed by atoms with Gasteiger partial charge in [0, 0.05) is 41.2 Å². The number of aromatic amines is 1. The van der Waals surface area contributed by atoms with Crippen molar-refractivity contribution in [3.05, 3.63) is 58.7 Å². The average molecular weight is 403 g/mol. The first kappa shape index (κ1) is 20.0. The lowest BCUT2D eigenvalue weighted by atomic mass is 10.0. The normalized spacial score (nSPS) is 12.1. The Bertz CT molecular complexity index is 970. The SMILES string of the molecule is CCOc1cc(CNC(Cc2c[nH]c3ccccc23)C(=O)O)c(Cl)cc1OC. The minimum Gasteiger partial charge on any atom is -0.493 e. The van der Waals surface area contributed by atoms with Crippen LogP contribution in [0.1, 0.15) is 18.1 Å². The van der Waals surface area contributed by atoms with E-state index < -0.39 is 12.0 Å². The summed E-state index contributed by atoms with van der Waals surface area (Å²) in [4.78, 5) is 15.0. The van der Waals surface area contributed by atoms with Gasteiger partial charge in [-0.25, -0.2) is 0 Å². The first-order valence-corrected chi connectivity index (χ1v) is 9.41. The molecule has 0 aliphatic heterocycles. The van der Waals surface area contributed by atoms with Crippen LogP contribution < -0.4 is 14.8 Å². The number of carbonyl (C=O) groups is 1. The zero-order chi connectivity index (χ0) is 20.1. The van der Waals surface area contributed by atoms with E-state index in [1.165, 1.54) is 0 Å². The highest BCUT2D eigenvalue weighted by molar-refractivity contribution is 6.31. The number of ether oxygens (including phenoxy) is 2. The molecule has 6 nitrogen and oxygen atoms in total. The summed E-state index contributed by atoms with van der Waals surface area (Å²) in [6.07, 6.45) is 2.21. The molecule has 0 radical (unpaired) electrons. The van der Waals surface area contributed by atoms with Crippen molar-refractivity contribution in [2.45, 2.75) is 25.9 Å². The van der Waals surface area contributed by atoms with E-state index in [0.717, 1.165) is 22.0 Å². The van der Waals surface area contributed by atoms with Gasteiger partial charge in [0.1, 0.15) is 6.04 Å². The van der Waals surface area contributed by atoms with E-state index in [9.17, 15) is 9.90 Å². The summed E-state index contributed by atoms with van der Waals surface area (Å²) in [5, 5.41) is 14.3. The molecule has 2 aromatic carbocycles. The maximum absolute atomic E-state index is 11.8. The molecule has 28 heavy (non-hydrogen) atoms. The summed E-state index contributed by atoms with van der Waals surface area (Å²) in [6.45, 7) is 2.67. The first-order chi connectivity index (χ1) is 13.5. The number of aromatic nitrogens is 1. The summed E-state index contributed by atoms with van der Waals surface area (Å²) < 4.78 is 10.9. The Labute approximate surface area is 168 Å². The van der Waals surface area contributed by atoms with Gasteiger partial charge in [-0.15, -0.1) is 0 Å². The van der Waals surface area contributed by atoms with Crippen LogP contribution in [-0.2, 0) is 17.8 Å². The fourth-order valence-electron chi connectivity index (χ4n) is 3.14. The average Bonchev–Trinajstić information content (AvgIpc) is 3.09. The lowest BCUT2D eigenvalue weighted by Gasteiger charge is -2.17. The van der Waals surface area contributed by atoms with Crippen molar-refractivity contribution in [3.8, 4) is 11.5 Å². The molecule has 0 fully saturated rings. The molecule has 0 aliphatic rings. The standard InChI is InChI=1S/C21H23ClN2O4/c1-3-28-20-9-14(16(22)10-19(20)27-2)12-24-18(21(25)26)8-13-11-23-17-7-5-4-6-15(13)17/h4-7,9-11,18,23-24H,3,8,12H2,1-2H3,(H,25,26). The smallest absolute Gasteiger partial charge is 0.321 e. The van der Waals surface area contributed by atoms with E-state index in [0.29, 0.717) is 36.1 Å². The van der Waals surface area contributed by atoms with Gasteiger partial charge in [0.2, 0.25) is 0 Å². The number of hydrogen-bond donors (Lipinski definition) is 3. The summed E-state index contributed by atoms with van der Waals surface area (Å²) in [7, 11) is 1.55. The van der Waals surface area contributed by atoms with Crippen LogP contribution in [0.2, 0.25) is 5.02 Å². The Morgan fingerprint density at radius 2 is 2.04 bits per heavy atom. The van der Waals surface area contributed by atoms with Crippen molar-refractivity contribution in [1.82, 2.24) is 10.3 Å². The molecule has 1 unspecified atom stereocenters. The number of benzene rings is 2. The van der Waals surface area contributed by atoms with Gasteiger partial charge in [-0.3, -0.25) is 10.1 Å². The van der Waals surface area contributed by atoms with Gasteiger partial charge in [0.05, 0.1) is 13.7 Å². The number of hydrogen-bond acceptors (Lipinski definition) is 4. The Morgan fingerprint density at radius 1 is 1.25 bits per heavy atom. The number of para-hydroxylation sites is 1. The second-order valence-corrected chi connectivity index (χ2v) is 6.77. The van der Waals surface area contributed by atoms with Gasteiger partial charge in [0.25, 0.3) is 0 Å². The topological polar surface area (TPSA) is 83.6 Å². The molecule has 1 heterocycles. The molecule has 3 rings (SSSR count). The highest BCUT2D eigenvalue weighted by Crippen LogP contribution is 2.33. The number of H-pyrrole nitrogens is 1. The molecule has 0 bridgehead atoms. The highest BCUT2D eigenvalue weighted by Gasteiger charge is 2.20. The van der Waals surface area contributed by atoms with Crippen LogP contribution in [0.5, 0.6) is 11.5 Å². The molecule has 0 saturated heterocycles. The van der Waals surface area contributed by atoms with Gasteiger partial charge in [-0.2, -0.15) is 0 Å². The number of rotatable bonds is 9. The van der Waals surface area contributed by atoms with E-state index in [1.54, 1.807) is 19.2 Å². The van der Waals surface area contributed by atoms with Crippen LogP contribution in [0.15, 0.2) is 42.6 Å². The van der Waals surface area contributed by atoms with E-state index in [-0.39, 0.29) is 0 Å². The van der Waals surface area contributed by atoms with Gasteiger partial charge in [-0.05, 0) is 30.2 Å². The third kappa shape index (κ3) is 4.40. The van der Waals surface area contributed by atoms with Crippen molar-refractivity contribution < 1.29 is 19.4 Å². The van der Waals surface area contributed by atoms with Gasteiger partial charge >= 0.3 is 5.97 Å². The van der Waals surface area contributed by atoms with Gasteiger partial charge in [-0.1, -0.05) is 29.8 Å². The number of halogens is 1. The molecule has 0 aliphatic carbocycles. The van der Waals surface area contributed by atoms with Crippen molar-refractivity contribution >= 4 is 28.5 Å². The Morgan fingerprint density at radius 3 is 2.75 bits per heavy atom. The molecule has 0 spiro atoms. The fraction of sp³-hybridized carbons (Fsp3) is 0.286. The highest BCUT2D eigenvalue weighted by atomic mass is 35.5. The minimum absolute atomic E-state index is 0.294. The van der Waals surface area contributed by atoms with E-state index in [2.05, 4.69) is 10.3 Å². The summed E-state index contributed by atoms with van der Waals surface area (Å²) in [6, 6.07) is 10.5. The number of methoxy groups -OCH3 is 1. The monoisotopic (exact) mass is 402 g/mol. The van der Waals surface area contributed by atoms with Gasteiger partial charge in [0.15, 0.2) is 11.5 Å². The van der Waals surface area contributed by atoms with Crippen LogP contribution in [0.4, 0.5) is 0 Å². The third-order valence-corrected chi connectivity index (χ3v) is 4.92. The Kier molecular flexibility index (Phi) is 6.44. The summed E-state index contributed by atoms with van der Waals surface area (Å²) in [5.41, 5.74) is 2.68. The number of fused-ring (bicyclic) bond motifs is 1. The predicted molar refractivity (Wildman–Crippen MR) is 109 cm³/mol. The van der Waals surface area contributed by atoms with Crippen molar-refractivity contribution in [1.29, 1.82) is 0 Å². The van der Waals surface area contributed by atoms with Crippen LogP contribution >= 0.6 is 11.6 Å². The van der Waals surface area contributed by atoms with E-state index in [1.807, 2.05) is 37.4 Å². The lowest BCUT2D eigenvalue weighted by Crippen LogP contribution is -2.38. The minimum atomic E-state index is -0.917. The molecule has 7 heteroatoms. The molecular formula is C21H23ClN2O4. The number of aliphatic carboxylic acids is 1. The van der Waals surface area contributed by atoms with Crippen molar-refractivity contribution in [2.75, 3.05) is 13.7 Å². The number of carboxylic acid groups (broad SMARTS) is 1. The molecule has 0 saturated carbocycles. The fourth-order valence-corrected chi connectivity index (χ4v) is 3.36. The molecule has 3 N–H and O–H groups in total. The third-order valence-electron chi connectivity index (χ3n) is 4.57. The van der Waals surface area contributed by atoms with Crippen LogP contribution in [-0.4, -0.2) is 35.8 Å². The Hall–Kier alpha value is -2.70. The zero-order valence-electron chi connectivity index (χ0n) is 15.8. The second kappa shape index (κ2) is 8.99. The predicted octanol–water partition coefficient (Wildman–Crippen LogP) is 4.01. The van der Waals surface area contributed by atoms with Crippen molar-refractivity contribution in [2.24, 2.45) is 0 Å². The lowest BCUT2D eigenvalue weighted by molar-refractivity contribution is -0.139. The maximum Gasteiger partial charge on any atom is 0.321 e. The summed E-state index contributed by atoms with van der Waals surface area (Å²) in [5.74, 6) is 0.207. The molecule has 1 aromatic heterocycles. The molecule has 1 atom stereocenters. The second-order valence-electron chi connectivity index (χ2n) is 6.36. The quantitative estimate of drug-likeness (QED) is 0.503. The van der Waals surface area contributed by atoms with E-state index in [4.69, 9.17) is 21.1 Å². The van der Waals surface area contributed by atoms with E-state index >= 15 is 0 Å². The zero-order valence-corrected chi connectivity index (χ0v) is 16.5. The molecule has 148 valence electrons. The largest absolute Gasteiger partial charge is 0.493 e. The Balaban J connectivity index is 1.77. The first-order valence-electron chi connectivity index (χ1n) is 9.03. The maximum atomic E-state index is 11.8. The molecule has 3 aromatic rings. The molecule has 0 amide bonds.